The van der Waals surface area contributed by atoms with Crippen LogP contribution in [0.3, 0.4) is 0 Å². The largest absolute Gasteiger partial charge is 0.311 e. The fraction of sp³-hybridized carbons (Fsp3) is 1.00. The molecule has 1 saturated heterocycles. The van der Waals surface area contributed by atoms with Gasteiger partial charge in [-0.1, -0.05) is 26.2 Å². The first-order valence-corrected chi connectivity index (χ1v) is 7.13. The fourth-order valence-electron chi connectivity index (χ4n) is 3.35. The quantitative estimate of drug-likeness (QED) is 0.776. The van der Waals surface area contributed by atoms with E-state index in [2.05, 4.69) is 31.0 Å². The molecule has 2 fully saturated rings. The van der Waals surface area contributed by atoms with Crippen LogP contribution in [0.4, 0.5) is 0 Å². The van der Waals surface area contributed by atoms with Crippen LogP contribution in [0.25, 0.3) is 0 Å². The van der Waals surface area contributed by atoms with Crippen molar-refractivity contribution in [3.05, 3.63) is 0 Å². The summed E-state index contributed by atoms with van der Waals surface area (Å²) in [6.07, 6.45) is 8.47. The van der Waals surface area contributed by atoms with E-state index in [-0.39, 0.29) is 0 Å². The van der Waals surface area contributed by atoms with Crippen LogP contribution in [-0.2, 0) is 0 Å². The predicted octanol–water partition coefficient (Wildman–Crippen LogP) is 2.78. The number of piperazine rings is 1. The zero-order valence-electron chi connectivity index (χ0n) is 11.3. The van der Waals surface area contributed by atoms with Crippen LogP contribution < -0.4 is 5.32 Å². The molecule has 1 saturated carbocycles. The molecule has 0 aromatic rings. The summed E-state index contributed by atoms with van der Waals surface area (Å²) in [5, 5.41) is 3.69. The van der Waals surface area contributed by atoms with E-state index in [1.54, 1.807) is 0 Å². The van der Waals surface area contributed by atoms with E-state index in [1.807, 2.05) is 0 Å². The Labute approximate surface area is 101 Å². The molecule has 2 rings (SSSR count). The summed E-state index contributed by atoms with van der Waals surface area (Å²) in [4.78, 5) is 2.80. The lowest BCUT2D eigenvalue weighted by atomic mass is 9.87. The van der Waals surface area contributed by atoms with Gasteiger partial charge in [-0.15, -0.1) is 0 Å². The van der Waals surface area contributed by atoms with Crippen LogP contribution in [0, 0.1) is 0 Å². The van der Waals surface area contributed by atoms with Crippen LogP contribution in [0.5, 0.6) is 0 Å². The summed E-state index contributed by atoms with van der Waals surface area (Å²) < 4.78 is 0. The van der Waals surface area contributed by atoms with Crippen molar-refractivity contribution in [2.45, 2.75) is 76.9 Å². The summed E-state index contributed by atoms with van der Waals surface area (Å²) >= 11 is 0. The molecule has 1 heterocycles. The second-order valence-electron chi connectivity index (χ2n) is 6.24. The highest BCUT2D eigenvalue weighted by molar-refractivity contribution is 4.96. The van der Waals surface area contributed by atoms with E-state index in [4.69, 9.17) is 0 Å². The molecule has 2 nitrogen and oxygen atoms in total. The van der Waals surface area contributed by atoms with E-state index in [0.29, 0.717) is 5.54 Å². The second kappa shape index (κ2) is 5.05. The van der Waals surface area contributed by atoms with Crippen LogP contribution in [-0.4, -0.2) is 35.6 Å². The molecule has 0 bridgehead atoms. The third-order valence-corrected chi connectivity index (χ3v) is 4.53. The maximum Gasteiger partial charge on any atom is 0.0281 e. The van der Waals surface area contributed by atoms with Gasteiger partial charge in [-0.2, -0.15) is 0 Å². The summed E-state index contributed by atoms with van der Waals surface area (Å²) in [5.41, 5.74) is 0.355. The molecule has 1 atom stereocenters. The molecule has 0 aromatic heterocycles. The maximum absolute atomic E-state index is 3.69. The molecule has 1 N–H and O–H groups in total. The molecule has 2 heteroatoms. The molecule has 0 amide bonds. The van der Waals surface area contributed by atoms with E-state index in [9.17, 15) is 0 Å². The van der Waals surface area contributed by atoms with Gasteiger partial charge in [-0.25, -0.2) is 0 Å². The van der Waals surface area contributed by atoms with Gasteiger partial charge in [0.05, 0.1) is 0 Å². The highest BCUT2D eigenvalue weighted by atomic mass is 15.3. The topological polar surface area (TPSA) is 15.3 Å². The number of nitrogens with zero attached hydrogens (tertiary/aromatic N) is 1. The minimum Gasteiger partial charge on any atom is -0.311 e. The van der Waals surface area contributed by atoms with Gasteiger partial charge in [0.15, 0.2) is 0 Å². The Bertz CT molecular complexity index is 219. The van der Waals surface area contributed by atoms with E-state index in [0.717, 1.165) is 18.6 Å². The molecule has 1 aliphatic carbocycles. The minimum atomic E-state index is 0.355. The number of nitrogens with one attached hydrogen (secondary N) is 1. The van der Waals surface area contributed by atoms with Crippen molar-refractivity contribution < 1.29 is 0 Å². The average molecular weight is 224 g/mol. The van der Waals surface area contributed by atoms with Crippen LogP contribution in [0.15, 0.2) is 0 Å². The number of hydrogen-bond donors (Lipinski definition) is 1. The molecule has 0 spiro atoms. The van der Waals surface area contributed by atoms with Crippen LogP contribution >= 0.6 is 0 Å². The SMILES string of the molecule is CCC1CN(C2CCCCC2)C(C)(C)CN1. The Morgan fingerprint density at radius 3 is 2.50 bits per heavy atom. The molecule has 2 aliphatic rings. The van der Waals surface area contributed by atoms with E-state index < -0.39 is 0 Å². The molecule has 1 aliphatic heterocycles. The minimum absolute atomic E-state index is 0.355. The maximum atomic E-state index is 3.69. The van der Waals surface area contributed by atoms with Gasteiger partial charge in [0.1, 0.15) is 0 Å². The first-order chi connectivity index (χ1) is 7.63. The Balaban J connectivity index is 2.02. The molecule has 16 heavy (non-hydrogen) atoms. The van der Waals surface area contributed by atoms with Crippen LogP contribution in [0.2, 0.25) is 0 Å². The first kappa shape index (κ1) is 12.4. The molecule has 1 unspecified atom stereocenters. The highest BCUT2D eigenvalue weighted by Crippen LogP contribution is 2.30. The van der Waals surface area contributed by atoms with Crippen LogP contribution in [0.1, 0.15) is 59.3 Å². The summed E-state index contributed by atoms with van der Waals surface area (Å²) in [5.74, 6) is 0. The Morgan fingerprint density at radius 2 is 1.88 bits per heavy atom. The second-order valence-corrected chi connectivity index (χ2v) is 6.24. The van der Waals surface area contributed by atoms with Crippen molar-refractivity contribution in [1.82, 2.24) is 10.2 Å². The third kappa shape index (κ3) is 2.60. The lowest BCUT2D eigenvalue weighted by Crippen LogP contribution is -2.64. The monoisotopic (exact) mass is 224 g/mol. The van der Waals surface area contributed by atoms with Gasteiger partial charge >= 0.3 is 0 Å². The number of hydrogen-bond acceptors (Lipinski definition) is 2. The average Bonchev–Trinajstić information content (AvgIpc) is 2.30. The molecular formula is C14H28N2. The van der Waals surface area contributed by atoms with E-state index in [1.165, 1.54) is 45.1 Å². The first-order valence-electron chi connectivity index (χ1n) is 7.13. The Hall–Kier alpha value is -0.0800. The summed E-state index contributed by atoms with van der Waals surface area (Å²) in [6, 6.07) is 1.58. The van der Waals surface area contributed by atoms with Crippen molar-refractivity contribution in [3.8, 4) is 0 Å². The lowest BCUT2D eigenvalue weighted by molar-refractivity contribution is 0.01000. The number of rotatable bonds is 2. The summed E-state index contributed by atoms with van der Waals surface area (Å²) in [7, 11) is 0. The third-order valence-electron chi connectivity index (χ3n) is 4.53. The van der Waals surface area contributed by atoms with Crippen molar-refractivity contribution >= 4 is 0 Å². The lowest BCUT2D eigenvalue weighted by Gasteiger charge is -2.51. The Kier molecular flexibility index (Phi) is 3.91. The molecule has 94 valence electrons. The van der Waals surface area contributed by atoms with Crippen molar-refractivity contribution in [2.75, 3.05) is 13.1 Å². The normalized spacial score (nSPS) is 32.8. The fourth-order valence-corrected chi connectivity index (χ4v) is 3.35. The standard InChI is InChI=1S/C14H28N2/c1-4-12-10-16(14(2,3)11-15-12)13-8-6-5-7-9-13/h12-13,15H,4-11H2,1-3H3. The van der Waals surface area contributed by atoms with Crippen molar-refractivity contribution in [2.24, 2.45) is 0 Å². The molecular weight excluding hydrogens is 196 g/mol. The van der Waals surface area contributed by atoms with Gasteiger partial charge in [0, 0.05) is 30.7 Å². The van der Waals surface area contributed by atoms with E-state index >= 15 is 0 Å². The van der Waals surface area contributed by atoms with Gasteiger partial charge in [0.2, 0.25) is 0 Å². The van der Waals surface area contributed by atoms with Gasteiger partial charge in [0.25, 0.3) is 0 Å². The smallest absolute Gasteiger partial charge is 0.0281 e. The summed E-state index contributed by atoms with van der Waals surface area (Å²) in [6.45, 7) is 9.52. The van der Waals surface area contributed by atoms with Crippen molar-refractivity contribution in [1.29, 1.82) is 0 Å². The van der Waals surface area contributed by atoms with Gasteiger partial charge < -0.3 is 5.32 Å². The van der Waals surface area contributed by atoms with Gasteiger partial charge in [-0.3, -0.25) is 4.90 Å². The van der Waals surface area contributed by atoms with Crippen molar-refractivity contribution in [3.63, 3.8) is 0 Å². The van der Waals surface area contributed by atoms with Gasteiger partial charge in [-0.05, 0) is 33.1 Å². The predicted molar refractivity (Wildman–Crippen MR) is 69.7 cm³/mol. The zero-order chi connectivity index (χ0) is 11.6. The molecule has 0 radical (unpaired) electrons. The Morgan fingerprint density at radius 1 is 1.19 bits per heavy atom. The molecule has 0 aromatic carbocycles. The zero-order valence-corrected chi connectivity index (χ0v) is 11.3. The highest BCUT2D eigenvalue weighted by Gasteiger charge is 2.37.